The maximum Gasteiger partial charge on any atom is 0.258 e. The molecule has 5 nitrogen and oxygen atoms in total. The van der Waals surface area contributed by atoms with Gasteiger partial charge in [0.25, 0.3) is 5.91 Å². The summed E-state index contributed by atoms with van der Waals surface area (Å²) in [6, 6.07) is 17.9. The molecule has 1 N–H and O–H groups in total. The van der Waals surface area contributed by atoms with Gasteiger partial charge in [-0.2, -0.15) is 5.10 Å². The van der Waals surface area contributed by atoms with Gasteiger partial charge >= 0.3 is 0 Å². The molecule has 0 radical (unpaired) electrons. The lowest BCUT2D eigenvalue weighted by atomic mass is 10.2. The second-order valence-corrected chi connectivity index (χ2v) is 6.67. The van der Waals surface area contributed by atoms with Crippen LogP contribution >= 0.6 is 0 Å². The summed E-state index contributed by atoms with van der Waals surface area (Å²) in [6.45, 7) is 7.19. The smallest absolute Gasteiger partial charge is 0.258 e. The van der Waals surface area contributed by atoms with Crippen molar-refractivity contribution in [2.24, 2.45) is 0 Å². The highest BCUT2D eigenvalue weighted by atomic mass is 16.5. The number of nitrogens with zero attached hydrogens (tertiary/aromatic N) is 2. The zero-order chi connectivity index (χ0) is 19.2. The van der Waals surface area contributed by atoms with E-state index in [0.29, 0.717) is 12.3 Å². The van der Waals surface area contributed by atoms with Crippen LogP contribution < -0.4 is 10.1 Å². The van der Waals surface area contributed by atoms with E-state index in [-0.39, 0.29) is 12.5 Å². The van der Waals surface area contributed by atoms with Crippen LogP contribution in [0.5, 0.6) is 5.75 Å². The second-order valence-electron chi connectivity index (χ2n) is 6.67. The quantitative estimate of drug-likeness (QED) is 0.698. The molecule has 0 aliphatic carbocycles. The Morgan fingerprint density at radius 3 is 2.44 bits per heavy atom. The van der Waals surface area contributed by atoms with E-state index in [2.05, 4.69) is 22.5 Å². The standard InChI is InChI=1S/C22H25N3O2/c1-16-9-11-20(12-10-16)27-15-22(26)23-13-21-17(2)24-25(18(21)3)14-19-7-5-4-6-8-19/h4-12H,13-15H2,1-3H3,(H,23,26). The van der Waals surface area contributed by atoms with Gasteiger partial charge in [0.15, 0.2) is 6.61 Å². The van der Waals surface area contributed by atoms with E-state index in [1.165, 1.54) is 5.56 Å². The number of carbonyl (C=O) groups excluding carboxylic acids is 1. The van der Waals surface area contributed by atoms with E-state index < -0.39 is 0 Å². The van der Waals surface area contributed by atoms with Gasteiger partial charge in [-0.05, 0) is 38.5 Å². The van der Waals surface area contributed by atoms with E-state index in [4.69, 9.17) is 4.74 Å². The van der Waals surface area contributed by atoms with Crippen LogP contribution in [0, 0.1) is 20.8 Å². The van der Waals surface area contributed by atoms with Crippen molar-refractivity contribution in [1.29, 1.82) is 0 Å². The van der Waals surface area contributed by atoms with Gasteiger partial charge in [-0.1, -0.05) is 48.0 Å². The highest BCUT2D eigenvalue weighted by Gasteiger charge is 2.13. The number of aryl methyl sites for hydroxylation is 2. The van der Waals surface area contributed by atoms with Crippen molar-refractivity contribution in [3.8, 4) is 5.75 Å². The number of amides is 1. The Balaban J connectivity index is 1.55. The molecule has 1 amide bonds. The van der Waals surface area contributed by atoms with Crippen molar-refractivity contribution < 1.29 is 9.53 Å². The first kappa shape index (κ1) is 18.7. The molecule has 2 aromatic carbocycles. The fourth-order valence-electron chi connectivity index (χ4n) is 2.92. The normalized spacial score (nSPS) is 10.6. The van der Waals surface area contributed by atoms with Crippen molar-refractivity contribution in [2.45, 2.75) is 33.9 Å². The minimum atomic E-state index is -0.148. The van der Waals surface area contributed by atoms with Gasteiger partial charge in [0.05, 0.1) is 12.2 Å². The van der Waals surface area contributed by atoms with Gasteiger partial charge in [-0.25, -0.2) is 0 Å². The first-order valence-corrected chi connectivity index (χ1v) is 9.06. The first-order valence-electron chi connectivity index (χ1n) is 9.06. The van der Waals surface area contributed by atoms with Gasteiger partial charge in [0.2, 0.25) is 0 Å². The Kier molecular flexibility index (Phi) is 5.91. The zero-order valence-electron chi connectivity index (χ0n) is 16.0. The van der Waals surface area contributed by atoms with Gasteiger partial charge in [0, 0.05) is 17.8 Å². The number of hydrogen-bond donors (Lipinski definition) is 1. The molecule has 0 spiro atoms. The Morgan fingerprint density at radius 2 is 1.74 bits per heavy atom. The van der Waals surface area contributed by atoms with Gasteiger partial charge in [0.1, 0.15) is 5.75 Å². The third-order valence-electron chi connectivity index (χ3n) is 4.56. The number of benzene rings is 2. The number of hydrogen-bond acceptors (Lipinski definition) is 3. The average molecular weight is 363 g/mol. The Hall–Kier alpha value is -3.08. The molecule has 3 aromatic rings. The van der Waals surface area contributed by atoms with Crippen molar-refractivity contribution >= 4 is 5.91 Å². The molecule has 0 aliphatic heterocycles. The molecule has 0 atom stereocenters. The fraction of sp³-hybridized carbons (Fsp3) is 0.273. The molecule has 0 aliphatic rings. The molecule has 0 bridgehead atoms. The molecule has 1 heterocycles. The van der Waals surface area contributed by atoms with Crippen molar-refractivity contribution in [1.82, 2.24) is 15.1 Å². The topological polar surface area (TPSA) is 56.1 Å². The van der Waals surface area contributed by atoms with E-state index >= 15 is 0 Å². The highest BCUT2D eigenvalue weighted by Crippen LogP contribution is 2.15. The fourth-order valence-corrected chi connectivity index (χ4v) is 2.92. The second kappa shape index (κ2) is 8.54. The van der Waals surface area contributed by atoms with E-state index in [1.54, 1.807) is 0 Å². The van der Waals surface area contributed by atoms with Crippen molar-refractivity contribution in [2.75, 3.05) is 6.61 Å². The van der Waals surface area contributed by atoms with E-state index in [9.17, 15) is 4.79 Å². The summed E-state index contributed by atoms with van der Waals surface area (Å²) < 4.78 is 7.50. The molecule has 3 rings (SSSR count). The summed E-state index contributed by atoms with van der Waals surface area (Å²) in [5.74, 6) is 0.545. The lowest BCUT2D eigenvalue weighted by molar-refractivity contribution is -0.123. The molecule has 0 saturated heterocycles. The van der Waals surface area contributed by atoms with Crippen LogP contribution in [0.15, 0.2) is 54.6 Å². The maximum atomic E-state index is 12.1. The Bertz CT molecular complexity index is 899. The van der Waals surface area contributed by atoms with Crippen molar-refractivity contribution in [3.63, 3.8) is 0 Å². The zero-order valence-corrected chi connectivity index (χ0v) is 16.0. The number of rotatable bonds is 7. The molecular weight excluding hydrogens is 338 g/mol. The van der Waals surface area contributed by atoms with Crippen LogP contribution in [0.1, 0.15) is 28.1 Å². The lowest BCUT2D eigenvalue weighted by Gasteiger charge is -2.09. The summed E-state index contributed by atoms with van der Waals surface area (Å²) in [7, 11) is 0. The summed E-state index contributed by atoms with van der Waals surface area (Å²) in [6.07, 6.45) is 0. The minimum absolute atomic E-state index is 0.000686. The summed E-state index contributed by atoms with van der Waals surface area (Å²) in [5.41, 5.74) is 5.41. The van der Waals surface area contributed by atoms with Crippen LogP contribution in [-0.4, -0.2) is 22.3 Å². The van der Waals surface area contributed by atoms with E-state index in [0.717, 1.165) is 29.1 Å². The number of aromatic nitrogens is 2. The lowest BCUT2D eigenvalue weighted by Crippen LogP contribution is -2.28. The van der Waals surface area contributed by atoms with Gasteiger partial charge < -0.3 is 10.1 Å². The monoisotopic (exact) mass is 363 g/mol. The SMILES string of the molecule is Cc1ccc(OCC(=O)NCc2c(C)nn(Cc3ccccc3)c2C)cc1. The predicted octanol–water partition coefficient (Wildman–Crippen LogP) is 3.55. The minimum Gasteiger partial charge on any atom is -0.484 e. The van der Waals surface area contributed by atoms with Crippen LogP contribution in [0.4, 0.5) is 0 Å². The molecule has 27 heavy (non-hydrogen) atoms. The number of nitrogens with one attached hydrogen (secondary N) is 1. The summed E-state index contributed by atoms with van der Waals surface area (Å²) >= 11 is 0. The first-order chi connectivity index (χ1) is 13.0. The summed E-state index contributed by atoms with van der Waals surface area (Å²) in [5, 5.41) is 7.54. The maximum absolute atomic E-state index is 12.1. The van der Waals surface area contributed by atoms with Gasteiger partial charge in [-0.15, -0.1) is 0 Å². The highest BCUT2D eigenvalue weighted by molar-refractivity contribution is 5.77. The van der Waals surface area contributed by atoms with Gasteiger partial charge in [-0.3, -0.25) is 9.48 Å². The number of carbonyl (C=O) groups is 1. The molecular formula is C22H25N3O2. The molecule has 1 aromatic heterocycles. The molecule has 5 heteroatoms. The predicted molar refractivity (Wildman–Crippen MR) is 106 cm³/mol. The molecule has 140 valence electrons. The van der Waals surface area contributed by atoms with Crippen molar-refractivity contribution in [3.05, 3.63) is 82.7 Å². The average Bonchev–Trinajstić information content (AvgIpc) is 2.93. The van der Waals surface area contributed by atoms with Crippen LogP contribution in [-0.2, 0) is 17.9 Å². The van der Waals surface area contributed by atoms with Crippen LogP contribution in [0.3, 0.4) is 0 Å². The molecule has 0 fully saturated rings. The molecule has 0 unspecified atom stereocenters. The third-order valence-corrected chi connectivity index (χ3v) is 4.56. The Morgan fingerprint density at radius 1 is 1.04 bits per heavy atom. The van der Waals surface area contributed by atoms with Crippen LogP contribution in [0.25, 0.3) is 0 Å². The summed E-state index contributed by atoms with van der Waals surface area (Å²) in [4.78, 5) is 12.1. The van der Waals surface area contributed by atoms with E-state index in [1.807, 2.05) is 67.9 Å². The Labute approximate surface area is 160 Å². The van der Waals surface area contributed by atoms with Crippen LogP contribution in [0.2, 0.25) is 0 Å². The largest absolute Gasteiger partial charge is 0.484 e. The molecule has 0 saturated carbocycles. The number of ether oxygens (including phenoxy) is 1. The third kappa shape index (κ3) is 4.97.